The van der Waals surface area contributed by atoms with Crippen molar-refractivity contribution in [1.29, 1.82) is 0 Å². The first-order valence-electron chi connectivity index (χ1n) is 8.56. The highest BCUT2D eigenvalue weighted by Crippen LogP contribution is 2.05. The summed E-state index contributed by atoms with van der Waals surface area (Å²) in [6.07, 6.45) is 0.144. The maximum absolute atomic E-state index is 11.5. The van der Waals surface area contributed by atoms with Gasteiger partial charge in [0, 0.05) is 32.7 Å². The van der Waals surface area contributed by atoms with E-state index < -0.39 is 21.7 Å². The zero-order chi connectivity index (χ0) is 19.3. The first-order valence-corrected chi connectivity index (χ1v) is 10.2. The van der Waals surface area contributed by atoms with Crippen molar-refractivity contribution < 1.29 is 17.9 Å². The molecule has 0 aliphatic heterocycles. The molecule has 9 nitrogen and oxygen atoms in total. The molecular formula is C15H33N5O4S. The normalized spacial score (nSPS) is 12.6. The van der Waals surface area contributed by atoms with E-state index in [1.54, 1.807) is 27.7 Å². The van der Waals surface area contributed by atoms with E-state index >= 15 is 0 Å². The van der Waals surface area contributed by atoms with E-state index in [9.17, 15) is 13.2 Å². The lowest BCUT2D eigenvalue weighted by Gasteiger charge is -2.19. The van der Waals surface area contributed by atoms with E-state index in [2.05, 4.69) is 25.7 Å². The number of nitrogens with one attached hydrogen (secondary N) is 4. The average molecular weight is 380 g/mol. The summed E-state index contributed by atoms with van der Waals surface area (Å²) in [5, 5.41) is 8.82. The van der Waals surface area contributed by atoms with Gasteiger partial charge in [-0.15, -0.1) is 0 Å². The third kappa shape index (κ3) is 14.5. The molecule has 0 radical (unpaired) electrons. The molecule has 0 aliphatic carbocycles. The van der Waals surface area contributed by atoms with Crippen LogP contribution in [0.25, 0.3) is 0 Å². The van der Waals surface area contributed by atoms with Crippen molar-refractivity contribution in [2.45, 2.75) is 46.6 Å². The number of rotatable bonds is 10. The number of carbonyl (C=O) groups is 1. The van der Waals surface area contributed by atoms with Crippen molar-refractivity contribution in [1.82, 2.24) is 20.7 Å². The van der Waals surface area contributed by atoms with Crippen molar-refractivity contribution >= 4 is 22.1 Å². The topological polar surface area (TPSA) is 121 Å². The summed E-state index contributed by atoms with van der Waals surface area (Å²) in [5.41, 5.74) is -0.521. The van der Waals surface area contributed by atoms with Gasteiger partial charge in [-0.3, -0.25) is 4.99 Å². The molecule has 0 spiro atoms. The Morgan fingerprint density at radius 2 is 1.68 bits per heavy atom. The molecule has 4 N–H and O–H groups in total. The first kappa shape index (κ1) is 23.4. The van der Waals surface area contributed by atoms with Gasteiger partial charge in [0.2, 0.25) is 10.0 Å². The zero-order valence-electron chi connectivity index (χ0n) is 15.9. The fraction of sp³-hybridized carbons (Fsp3) is 0.867. The zero-order valence-corrected chi connectivity index (χ0v) is 16.8. The fourth-order valence-corrected chi connectivity index (χ4v) is 2.26. The quantitative estimate of drug-likeness (QED) is 0.248. The molecule has 10 heteroatoms. The van der Waals surface area contributed by atoms with Gasteiger partial charge in [0.15, 0.2) is 5.96 Å². The lowest BCUT2D eigenvalue weighted by molar-refractivity contribution is 0.0529. The molecule has 0 saturated heterocycles. The van der Waals surface area contributed by atoms with Crippen LogP contribution < -0.4 is 20.7 Å². The van der Waals surface area contributed by atoms with Crippen molar-refractivity contribution in [2.24, 2.45) is 4.99 Å². The van der Waals surface area contributed by atoms with Gasteiger partial charge in [0.1, 0.15) is 5.60 Å². The molecular weight excluding hydrogens is 346 g/mol. The Hall–Kier alpha value is -1.55. The Bertz CT molecular complexity index is 515. The summed E-state index contributed by atoms with van der Waals surface area (Å²) >= 11 is 0. The second-order valence-electron chi connectivity index (χ2n) is 6.27. The van der Waals surface area contributed by atoms with Crippen LogP contribution in [-0.2, 0) is 14.8 Å². The minimum atomic E-state index is -3.15. The molecule has 25 heavy (non-hydrogen) atoms. The fourth-order valence-electron chi connectivity index (χ4n) is 1.60. The molecule has 0 heterocycles. The number of amides is 1. The predicted molar refractivity (Wildman–Crippen MR) is 100 cm³/mol. The molecule has 148 valence electrons. The Balaban J connectivity index is 4.06. The number of carbonyl (C=O) groups excluding carboxylic acids is 1. The number of ether oxygens (including phenoxy) is 1. The number of hydrogen-bond donors (Lipinski definition) is 4. The summed E-state index contributed by atoms with van der Waals surface area (Å²) in [4.78, 5) is 15.9. The Morgan fingerprint density at radius 1 is 1.04 bits per heavy atom. The molecule has 0 aromatic carbocycles. The monoisotopic (exact) mass is 379 g/mol. The van der Waals surface area contributed by atoms with Gasteiger partial charge in [-0.2, -0.15) is 0 Å². The number of alkyl carbamates (subject to hydrolysis) is 1. The predicted octanol–water partition coefficient (Wildman–Crippen LogP) is 0.396. The third-order valence-corrected chi connectivity index (χ3v) is 4.14. The second-order valence-corrected chi connectivity index (χ2v) is 8.36. The van der Waals surface area contributed by atoms with Crippen LogP contribution in [-0.4, -0.2) is 64.5 Å². The molecule has 0 unspecified atom stereocenters. The summed E-state index contributed by atoms with van der Waals surface area (Å²) in [5.74, 6) is 0.692. The van der Waals surface area contributed by atoms with Gasteiger partial charge in [0.25, 0.3) is 0 Å². The van der Waals surface area contributed by atoms with E-state index in [1.807, 2.05) is 6.92 Å². The van der Waals surface area contributed by atoms with Crippen LogP contribution in [0.1, 0.15) is 41.0 Å². The summed E-state index contributed by atoms with van der Waals surface area (Å²) < 4.78 is 30.2. The second kappa shape index (κ2) is 11.9. The Kier molecular flexibility index (Phi) is 11.2. The molecule has 1 amide bonds. The minimum Gasteiger partial charge on any atom is -0.444 e. The van der Waals surface area contributed by atoms with E-state index in [4.69, 9.17) is 4.74 Å². The van der Waals surface area contributed by atoms with Crippen molar-refractivity contribution in [3.63, 3.8) is 0 Å². The molecule has 0 bridgehead atoms. The highest BCUT2D eigenvalue weighted by atomic mass is 32.2. The van der Waals surface area contributed by atoms with Gasteiger partial charge < -0.3 is 20.7 Å². The van der Waals surface area contributed by atoms with E-state index in [-0.39, 0.29) is 5.75 Å². The van der Waals surface area contributed by atoms with Gasteiger partial charge in [0.05, 0.1) is 5.75 Å². The molecule has 0 rings (SSSR count). The van der Waals surface area contributed by atoms with E-state index in [0.717, 1.165) is 0 Å². The van der Waals surface area contributed by atoms with Crippen LogP contribution in [0.2, 0.25) is 0 Å². The van der Waals surface area contributed by atoms with Gasteiger partial charge in [-0.25, -0.2) is 17.9 Å². The first-order chi connectivity index (χ1) is 11.6. The van der Waals surface area contributed by atoms with Crippen molar-refractivity contribution in [3.8, 4) is 0 Å². The van der Waals surface area contributed by atoms with Crippen LogP contribution >= 0.6 is 0 Å². The summed E-state index contributed by atoms with van der Waals surface area (Å²) in [7, 11) is -3.15. The molecule has 0 aliphatic rings. The Morgan fingerprint density at radius 3 is 2.24 bits per heavy atom. The Labute approximate surface area is 151 Å². The average Bonchev–Trinajstić information content (AvgIpc) is 2.49. The summed E-state index contributed by atoms with van der Waals surface area (Å²) in [6, 6.07) is 0. The van der Waals surface area contributed by atoms with E-state index in [0.29, 0.717) is 45.1 Å². The largest absolute Gasteiger partial charge is 0.444 e. The highest BCUT2D eigenvalue weighted by molar-refractivity contribution is 7.89. The number of sulfonamides is 1. The molecule has 0 saturated carbocycles. The number of guanidine groups is 1. The number of aliphatic imine (C=N–C) groups is 1. The lowest BCUT2D eigenvalue weighted by Crippen LogP contribution is -2.42. The van der Waals surface area contributed by atoms with Gasteiger partial charge in [-0.1, -0.05) is 0 Å². The lowest BCUT2D eigenvalue weighted by atomic mass is 10.2. The van der Waals surface area contributed by atoms with Crippen LogP contribution in [0.15, 0.2) is 4.99 Å². The van der Waals surface area contributed by atoms with Crippen molar-refractivity contribution in [3.05, 3.63) is 0 Å². The van der Waals surface area contributed by atoms with Crippen molar-refractivity contribution in [2.75, 3.05) is 38.5 Å². The maximum atomic E-state index is 11.5. The van der Waals surface area contributed by atoms with Crippen LogP contribution in [0.5, 0.6) is 0 Å². The molecule has 0 aromatic rings. The summed E-state index contributed by atoms with van der Waals surface area (Å²) in [6.45, 7) is 11.4. The molecule has 0 fully saturated rings. The number of nitrogens with zero attached hydrogens (tertiary/aromatic N) is 1. The SMILES string of the molecule is CCNC(=NCCCNS(=O)(=O)CC)NCCNC(=O)OC(C)(C)C. The molecule has 0 atom stereocenters. The molecule has 0 aromatic heterocycles. The minimum absolute atomic E-state index is 0.0745. The van der Waals surface area contributed by atoms with Crippen LogP contribution in [0.4, 0.5) is 4.79 Å². The van der Waals surface area contributed by atoms with Gasteiger partial charge >= 0.3 is 6.09 Å². The van der Waals surface area contributed by atoms with E-state index in [1.165, 1.54) is 0 Å². The van der Waals surface area contributed by atoms with Crippen LogP contribution in [0, 0.1) is 0 Å². The smallest absolute Gasteiger partial charge is 0.407 e. The van der Waals surface area contributed by atoms with Gasteiger partial charge in [-0.05, 0) is 41.0 Å². The van der Waals surface area contributed by atoms with Crippen LogP contribution in [0.3, 0.4) is 0 Å². The number of hydrogen-bond acceptors (Lipinski definition) is 5. The maximum Gasteiger partial charge on any atom is 0.407 e. The standard InChI is InChI=1S/C15H33N5O4S/c1-6-16-13(17-9-8-10-20-25(22,23)7-2)18-11-12-19-14(21)24-15(3,4)5/h20H,6-12H2,1-5H3,(H,19,21)(H2,16,17,18). The third-order valence-electron chi connectivity index (χ3n) is 2.74. The highest BCUT2D eigenvalue weighted by Gasteiger charge is 2.15.